The van der Waals surface area contributed by atoms with Crippen molar-refractivity contribution in [3.05, 3.63) is 0 Å². The lowest BCUT2D eigenvalue weighted by Gasteiger charge is -2.34. The predicted molar refractivity (Wildman–Crippen MR) is 53.7 cm³/mol. The highest BCUT2D eigenvalue weighted by molar-refractivity contribution is 5.03. The van der Waals surface area contributed by atoms with Crippen molar-refractivity contribution in [3.8, 4) is 0 Å². The molecule has 3 fully saturated rings. The van der Waals surface area contributed by atoms with Crippen LogP contribution in [0.25, 0.3) is 0 Å². The fourth-order valence-electron chi connectivity index (χ4n) is 3.58. The van der Waals surface area contributed by atoms with Gasteiger partial charge in [-0.05, 0) is 51.2 Å². The monoisotopic (exact) mass is 180 g/mol. The number of fused-ring (bicyclic) bond motifs is 2. The number of hydrogen-bond donors (Lipinski definition) is 1. The molecule has 2 nitrogen and oxygen atoms in total. The third-order valence-electron chi connectivity index (χ3n) is 4.20. The third kappa shape index (κ3) is 1.31. The Bertz CT molecular complexity index is 167. The highest BCUT2D eigenvalue weighted by Gasteiger charge is 2.44. The molecule has 74 valence electrons. The average Bonchev–Trinajstić information content (AvgIpc) is 2.78. The van der Waals surface area contributed by atoms with Crippen LogP contribution in [0.3, 0.4) is 0 Å². The van der Waals surface area contributed by atoms with Gasteiger partial charge in [-0.1, -0.05) is 6.42 Å². The van der Waals surface area contributed by atoms with Crippen LogP contribution in [0.5, 0.6) is 0 Å². The van der Waals surface area contributed by atoms with Crippen molar-refractivity contribution in [1.82, 2.24) is 10.2 Å². The summed E-state index contributed by atoms with van der Waals surface area (Å²) in [6.07, 6.45) is 7.27. The van der Waals surface area contributed by atoms with E-state index >= 15 is 0 Å². The first-order valence-corrected chi connectivity index (χ1v) is 5.92. The van der Waals surface area contributed by atoms with E-state index in [0.717, 1.165) is 18.0 Å². The van der Waals surface area contributed by atoms with Gasteiger partial charge >= 0.3 is 0 Å². The van der Waals surface area contributed by atoms with Crippen LogP contribution in [0.15, 0.2) is 0 Å². The molecule has 0 radical (unpaired) electrons. The molecule has 2 bridgehead atoms. The van der Waals surface area contributed by atoms with E-state index in [1.54, 1.807) is 0 Å². The molecule has 0 unspecified atom stereocenters. The van der Waals surface area contributed by atoms with Crippen LogP contribution in [0.1, 0.15) is 32.1 Å². The van der Waals surface area contributed by atoms with Crippen LogP contribution < -0.4 is 5.32 Å². The Morgan fingerprint density at radius 3 is 2.38 bits per heavy atom. The van der Waals surface area contributed by atoms with E-state index < -0.39 is 0 Å². The van der Waals surface area contributed by atoms with E-state index in [-0.39, 0.29) is 0 Å². The van der Waals surface area contributed by atoms with Crippen LogP contribution in [-0.4, -0.2) is 36.6 Å². The summed E-state index contributed by atoms with van der Waals surface area (Å²) >= 11 is 0. The normalized spacial score (nSPS) is 45.7. The highest BCUT2D eigenvalue weighted by Crippen LogP contribution is 2.36. The molecule has 2 heterocycles. The summed E-state index contributed by atoms with van der Waals surface area (Å²) in [5.41, 5.74) is 0. The zero-order valence-electron chi connectivity index (χ0n) is 8.34. The third-order valence-corrected chi connectivity index (χ3v) is 4.20. The zero-order valence-corrected chi connectivity index (χ0v) is 8.34. The molecule has 0 spiro atoms. The van der Waals surface area contributed by atoms with Crippen molar-refractivity contribution in [2.24, 2.45) is 5.92 Å². The summed E-state index contributed by atoms with van der Waals surface area (Å²) in [6.45, 7) is 4.05. The molecule has 0 aromatic heterocycles. The van der Waals surface area contributed by atoms with Crippen LogP contribution in [-0.2, 0) is 0 Å². The van der Waals surface area contributed by atoms with Crippen LogP contribution in [0, 0.1) is 5.92 Å². The molecular weight excluding hydrogens is 160 g/mol. The summed E-state index contributed by atoms with van der Waals surface area (Å²) in [4.78, 5) is 2.77. The van der Waals surface area contributed by atoms with Crippen molar-refractivity contribution in [2.75, 3.05) is 19.6 Å². The van der Waals surface area contributed by atoms with Gasteiger partial charge in [0.25, 0.3) is 0 Å². The maximum Gasteiger partial charge on any atom is 0.0289 e. The summed E-state index contributed by atoms with van der Waals surface area (Å²) in [5, 5.41) is 3.66. The second kappa shape index (κ2) is 3.25. The lowest BCUT2D eigenvalue weighted by atomic mass is 10.0. The summed E-state index contributed by atoms with van der Waals surface area (Å²) in [7, 11) is 0. The molecular formula is C11H20N2. The van der Waals surface area contributed by atoms with Gasteiger partial charge in [0.1, 0.15) is 0 Å². The largest absolute Gasteiger partial charge is 0.312 e. The molecule has 1 saturated carbocycles. The molecule has 2 saturated heterocycles. The first-order chi connectivity index (χ1) is 6.45. The minimum atomic E-state index is 0.850. The van der Waals surface area contributed by atoms with Gasteiger partial charge in [0.2, 0.25) is 0 Å². The van der Waals surface area contributed by atoms with Gasteiger partial charge < -0.3 is 5.32 Å². The maximum absolute atomic E-state index is 3.66. The smallest absolute Gasteiger partial charge is 0.0289 e. The Kier molecular flexibility index (Phi) is 2.06. The Hall–Kier alpha value is -0.0800. The van der Waals surface area contributed by atoms with E-state index in [9.17, 15) is 0 Å². The molecule has 0 aromatic carbocycles. The lowest BCUT2D eigenvalue weighted by Crippen LogP contribution is -2.45. The maximum atomic E-state index is 3.66. The first-order valence-electron chi connectivity index (χ1n) is 5.92. The van der Waals surface area contributed by atoms with E-state index in [1.807, 2.05) is 0 Å². The zero-order chi connectivity index (χ0) is 8.67. The molecule has 2 heteroatoms. The lowest BCUT2D eigenvalue weighted by molar-refractivity contribution is 0.144. The minimum absolute atomic E-state index is 0.850. The van der Waals surface area contributed by atoms with Crippen molar-refractivity contribution in [3.63, 3.8) is 0 Å². The van der Waals surface area contributed by atoms with E-state index in [0.29, 0.717) is 0 Å². The van der Waals surface area contributed by atoms with E-state index in [1.165, 1.54) is 51.7 Å². The van der Waals surface area contributed by atoms with Crippen molar-refractivity contribution in [1.29, 1.82) is 0 Å². The van der Waals surface area contributed by atoms with Crippen LogP contribution in [0.2, 0.25) is 0 Å². The highest BCUT2D eigenvalue weighted by atomic mass is 15.2. The number of nitrogens with zero attached hydrogens (tertiary/aromatic N) is 1. The minimum Gasteiger partial charge on any atom is -0.312 e. The Morgan fingerprint density at radius 1 is 1.00 bits per heavy atom. The fourth-order valence-corrected chi connectivity index (χ4v) is 3.58. The van der Waals surface area contributed by atoms with Crippen molar-refractivity contribution >= 4 is 0 Å². The Balaban J connectivity index is 1.70. The van der Waals surface area contributed by atoms with Crippen LogP contribution >= 0.6 is 0 Å². The quantitative estimate of drug-likeness (QED) is 0.653. The van der Waals surface area contributed by atoms with Gasteiger partial charge in [-0.3, -0.25) is 4.90 Å². The number of likely N-dealkylation sites (tertiary alicyclic amines) is 1. The molecule has 13 heavy (non-hydrogen) atoms. The second-order valence-electron chi connectivity index (χ2n) is 4.94. The van der Waals surface area contributed by atoms with Gasteiger partial charge in [-0.15, -0.1) is 0 Å². The summed E-state index contributed by atoms with van der Waals surface area (Å²) in [6, 6.07) is 1.77. The van der Waals surface area contributed by atoms with Gasteiger partial charge in [0, 0.05) is 12.1 Å². The topological polar surface area (TPSA) is 15.3 Å². The molecule has 3 aliphatic rings. The van der Waals surface area contributed by atoms with Gasteiger partial charge in [-0.25, -0.2) is 0 Å². The molecule has 1 aliphatic carbocycles. The fraction of sp³-hybridized carbons (Fsp3) is 1.00. The average molecular weight is 180 g/mol. The Morgan fingerprint density at radius 2 is 1.85 bits per heavy atom. The SMILES string of the molecule is C1CCN([C@H]2[C@H]3CC[C@H]2NC3)CC1. The van der Waals surface area contributed by atoms with E-state index in [2.05, 4.69) is 10.2 Å². The van der Waals surface area contributed by atoms with Crippen molar-refractivity contribution < 1.29 is 0 Å². The van der Waals surface area contributed by atoms with Gasteiger partial charge in [-0.2, -0.15) is 0 Å². The number of piperidine rings is 2. The number of nitrogens with one attached hydrogen (secondary N) is 1. The second-order valence-corrected chi connectivity index (χ2v) is 4.94. The molecule has 3 rings (SSSR count). The Labute approximate surface area is 80.7 Å². The van der Waals surface area contributed by atoms with Crippen LogP contribution in [0.4, 0.5) is 0 Å². The number of rotatable bonds is 1. The summed E-state index contributed by atoms with van der Waals surface area (Å²) in [5.74, 6) is 0.989. The predicted octanol–water partition coefficient (Wildman–Crippen LogP) is 1.22. The van der Waals surface area contributed by atoms with Gasteiger partial charge in [0.15, 0.2) is 0 Å². The van der Waals surface area contributed by atoms with Gasteiger partial charge in [0.05, 0.1) is 0 Å². The first kappa shape index (κ1) is 8.25. The molecule has 0 amide bonds. The molecule has 3 atom stereocenters. The van der Waals surface area contributed by atoms with E-state index in [4.69, 9.17) is 0 Å². The number of hydrogen-bond acceptors (Lipinski definition) is 2. The van der Waals surface area contributed by atoms with Crippen molar-refractivity contribution in [2.45, 2.75) is 44.2 Å². The molecule has 2 aliphatic heterocycles. The molecule has 0 aromatic rings. The summed E-state index contributed by atoms with van der Waals surface area (Å²) < 4.78 is 0. The molecule has 1 N–H and O–H groups in total. The standard InChI is InChI=1S/C11H20N2/c1-2-6-13(7-3-1)11-9-4-5-10(11)12-8-9/h9-12H,1-8H2/t9-,10+,11-/m0/s1.